The van der Waals surface area contributed by atoms with Crippen LogP contribution in [0.4, 0.5) is 0 Å². The van der Waals surface area contributed by atoms with E-state index in [2.05, 4.69) is 0 Å². The Morgan fingerprint density at radius 1 is 1.12 bits per heavy atom. The van der Waals surface area contributed by atoms with Crippen LogP contribution in [-0.2, 0) is 0 Å². The van der Waals surface area contributed by atoms with Gasteiger partial charge in [-0.05, 0) is 31.0 Å². The van der Waals surface area contributed by atoms with Gasteiger partial charge in [0.15, 0.2) is 0 Å². The summed E-state index contributed by atoms with van der Waals surface area (Å²) in [4.78, 5) is 11.1. The maximum absolute atomic E-state index is 11.1. The Kier molecular flexibility index (Phi) is 1.72. The first-order chi connectivity index (χ1) is 7.66. The van der Waals surface area contributed by atoms with Crippen LogP contribution in [0.2, 0.25) is 0 Å². The summed E-state index contributed by atoms with van der Waals surface area (Å²) in [5, 5.41) is 2.05. The van der Waals surface area contributed by atoms with Crippen molar-refractivity contribution < 1.29 is 8.83 Å². The third-order valence-corrected chi connectivity index (χ3v) is 2.91. The van der Waals surface area contributed by atoms with E-state index < -0.39 is 0 Å². The molecule has 3 rings (SSSR count). The molecule has 0 unspecified atom stereocenters. The van der Waals surface area contributed by atoms with Crippen LogP contribution in [0.3, 0.4) is 0 Å². The van der Waals surface area contributed by atoms with E-state index >= 15 is 0 Å². The van der Waals surface area contributed by atoms with Crippen molar-refractivity contribution in [3.05, 3.63) is 46.0 Å². The zero-order chi connectivity index (χ0) is 11.3. The summed E-state index contributed by atoms with van der Waals surface area (Å²) in [5.41, 5.74) is 3.18. The molecule has 0 saturated heterocycles. The number of benzene rings is 1. The lowest BCUT2D eigenvalue weighted by molar-refractivity contribution is 0.559. The molecule has 0 radical (unpaired) electrons. The van der Waals surface area contributed by atoms with Gasteiger partial charge in [-0.2, -0.15) is 0 Å². The number of furan rings is 1. The van der Waals surface area contributed by atoms with Crippen LogP contribution in [0, 0.1) is 13.8 Å². The lowest BCUT2D eigenvalue weighted by Crippen LogP contribution is -1.95. The number of hydrogen-bond donors (Lipinski definition) is 0. The topological polar surface area (TPSA) is 43.4 Å². The van der Waals surface area contributed by atoms with Crippen LogP contribution in [0.1, 0.15) is 11.1 Å². The molecule has 0 aliphatic carbocycles. The summed E-state index contributed by atoms with van der Waals surface area (Å²) in [6.07, 6.45) is 1.72. The maximum atomic E-state index is 11.1. The Balaban J connectivity index is 2.62. The molecule has 2 aromatic heterocycles. The quantitative estimate of drug-likeness (QED) is 0.540. The van der Waals surface area contributed by atoms with Crippen molar-refractivity contribution in [3.63, 3.8) is 0 Å². The molecule has 0 spiro atoms. The molecule has 0 atom stereocenters. The van der Waals surface area contributed by atoms with Crippen LogP contribution in [0.25, 0.3) is 21.9 Å². The Morgan fingerprint density at radius 3 is 2.75 bits per heavy atom. The third-order valence-electron chi connectivity index (χ3n) is 2.91. The molecule has 0 amide bonds. The van der Waals surface area contributed by atoms with Gasteiger partial charge in [0.25, 0.3) is 0 Å². The summed E-state index contributed by atoms with van der Waals surface area (Å²) >= 11 is 0. The second-order valence-corrected chi connectivity index (χ2v) is 3.96. The molecule has 3 aromatic rings. The van der Waals surface area contributed by atoms with Gasteiger partial charge >= 0.3 is 5.63 Å². The Morgan fingerprint density at radius 2 is 1.94 bits per heavy atom. The van der Waals surface area contributed by atoms with Crippen molar-refractivity contribution in [1.82, 2.24) is 0 Å². The van der Waals surface area contributed by atoms with Crippen LogP contribution in [0.5, 0.6) is 0 Å². The van der Waals surface area contributed by atoms with Gasteiger partial charge in [0.2, 0.25) is 0 Å². The van der Waals surface area contributed by atoms with Gasteiger partial charge in [-0.25, -0.2) is 4.79 Å². The van der Waals surface area contributed by atoms with E-state index in [0.717, 1.165) is 27.5 Å². The summed E-state index contributed by atoms with van der Waals surface area (Å²) < 4.78 is 10.6. The van der Waals surface area contributed by atoms with E-state index in [0.29, 0.717) is 5.58 Å². The number of hydrogen-bond acceptors (Lipinski definition) is 3. The zero-order valence-corrected chi connectivity index (χ0v) is 9.03. The Labute approximate surface area is 91.3 Å². The van der Waals surface area contributed by atoms with Crippen LogP contribution < -0.4 is 5.63 Å². The van der Waals surface area contributed by atoms with Gasteiger partial charge in [0, 0.05) is 22.9 Å². The fourth-order valence-corrected chi connectivity index (χ4v) is 2.15. The van der Waals surface area contributed by atoms with Gasteiger partial charge in [-0.3, -0.25) is 0 Å². The third kappa shape index (κ3) is 1.11. The molecule has 3 nitrogen and oxygen atoms in total. The maximum Gasteiger partial charge on any atom is 0.336 e. The highest BCUT2D eigenvalue weighted by Crippen LogP contribution is 2.30. The highest BCUT2D eigenvalue weighted by molar-refractivity contribution is 5.98. The molecular formula is C13H10O3. The molecule has 0 fully saturated rings. The molecule has 2 heterocycles. The summed E-state index contributed by atoms with van der Waals surface area (Å²) in [6, 6.07) is 5.00. The number of fused-ring (bicyclic) bond motifs is 2. The molecule has 0 aliphatic rings. The molecule has 0 aliphatic heterocycles. The standard InChI is InChI=1S/C13H10O3/c1-7-6-15-11-5-10-9(8(2)13(7)11)3-4-12(14)16-10/h3-6H,1-2H3. The van der Waals surface area contributed by atoms with Gasteiger partial charge in [-0.1, -0.05) is 0 Å². The summed E-state index contributed by atoms with van der Waals surface area (Å²) in [5.74, 6) is 0. The predicted molar refractivity (Wildman–Crippen MR) is 61.7 cm³/mol. The summed E-state index contributed by atoms with van der Waals surface area (Å²) in [7, 11) is 0. The average Bonchev–Trinajstić information content (AvgIpc) is 2.60. The van der Waals surface area contributed by atoms with E-state index in [1.165, 1.54) is 6.07 Å². The zero-order valence-electron chi connectivity index (χ0n) is 9.03. The van der Waals surface area contributed by atoms with Crippen molar-refractivity contribution in [3.8, 4) is 0 Å². The first-order valence-corrected chi connectivity index (χ1v) is 5.08. The molecule has 0 saturated carbocycles. The molecule has 3 heteroatoms. The van der Waals surface area contributed by atoms with Gasteiger partial charge in [-0.15, -0.1) is 0 Å². The fraction of sp³-hybridized carbons (Fsp3) is 0.154. The Hall–Kier alpha value is -2.03. The monoisotopic (exact) mass is 214 g/mol. The van der Waals surface area contributed by atoms with Crippen molar-refractivity contribution in [1.29, 1.82) is 0 Å². The molecule has 0 bridgehead atoms. The minimum Gasteiger partial charge on any atom is -0.464 e. The van der Waals surface area contributed by atoms with E-state index in [9.17, 15) is 4.79 Å². The Bertz CT molecular complexity index is 747. The van der Waals surface area contributed by atoms with Crippen molar-refractivity contribution >= 4 is 21.9 Å². The molecule has 1 aromatic carbocycles. The van der Waals surface area contributed by atoms with Crippen LogP contribution in [0.15, 0.2) is 38.1 Å². The minimum absolute atomic E-state index is 0.338. The lowest BCUT2D eigenvalue weighted by atomic mass is 10.0. The van der Waals surface area contributed by atoms with E-state index in [-0.39, 0.29) is 5.63 Å². The molecule has 80 valence electrons. The van der Waals surface area contributed by atoms with E-state index in [1.807, 2.05) is 13.8 Å². The normalized spacial score (nSPS) is 11.4. The molecular weight excluding hydrogens is 204 g/mol. The molecule has 16 heavy (non-hydrogen) atoms. The van der Waals surface area contributed by atoms with Crippen LogP contribution in [-0.4, -0.2) is 0 Å². The van der Waals surface area contributed by atoms with Gasteiger partial charge in [0.05, 0.1) is 6.26 Å². The summed E-state index contributed by atoms with van der Waals surface area (Å²) in [6.45, 7) is 4.01. The smallest absolute Gasteiger partial charge is 0.336 e. The van der Waals surface area contributed by atoms with Gasteiger partial charge < -0.3 is 8.83 Å². The average molecular weight is 214 g/mol. The second kappa shape index (κ2) is 2.98. The second-order valence-electron chi connectivity index (χ2n) is 3.96. The fourth-order valence-electron chi connectivity index (χ4n) is 2.15. The first kappa shape index (κ1) is 9.21. The van der Waals surface area contributed by atoms with E-state index in [4.69, 9.17) is 8.83 Å². The minimum atomic E-state index is -0.338. The SMILES string of the molecule is Cc1coc2cc3oc(=O)ccc3c(C)c12. The predicted octanol–water partition coefficient (Wildman–Crippen LogP) is 3.16. The number of aryl methyl sites for hydroxylation is 2. The van der Waals surface area contributed by atoms with Crippen molar-refractivity contribution in [2.45, 2.75) is 13.8 Å². The van der Waals surface area contributed by atoms with Gasteiger partial charge in [0.1, 0.15) is 11.2 Å². The highest BCUT2D eigenvalue weighted by Gasteiger charge is 2.10. The highest BCUT2D eigenvalue weighted by atomic mass is 16.4. The van der Waals surface area contributed by atoms with E-state index in [1.54, 1.807) is 18.4 Å². The largest absolute Gasteiger partial charge is 0.464 e. The lowest BCUT2D eigenvalue weighted by Gasteiger charge is -2.02. The number of rotatable bonds is 0. The van der Waals surface area contributed by atoms with Crippen LogP contribution >= 0.6 is 0 Å². The van der Waals surface area contributed by atoms with Crippen molar-refractivity contribution in [2.24, 2.45) is 0 Å². The molecule has 0 N–H and O–H groups in total. The van der Waals surface area contributed by atoms with Crippen molar-refractivity contribution in [2.75, 3.05) is 0 Å². The first-order valence-electron chi connectivity index (χ1n) is 5.08.